The molecule has 2 atom stereocenters. The van der Waals surface area contributed by atoms with E-state index in [2.05, 4.69) is 25.1 Å². The maximum atomic E-state index is 5.27. The molecule has 2 nitrogen and oxygen atoms in total. The molecule has 0 aromatic heterocycles. The molecule has 1 N–H and O–H groups in total. The molecule has 0 rings (SSSR count). The van der Waals surface area contributed by atoms with Gasteiger partial charge in [0, 0.05) is 13.2 Å². The number of ether oxygens (including phenoxy) is 1. The Labute approximate surface area is 69.3 Å². The van der Waals surface area contributed by atoms with E-state index in [4.69, 9.17) is 11.2 Å². The second kappa shape index (κ2) is 6.21. The zero-order chi connectivity index (χ0) is 8.69. The van der Waals surface area contributed by atoms with Crippen LogP contribution in [0.5, 0.6) is 0 Å². The van der Waals surface area contributed by atoms with E-state index in [0.717, 1.165) is 6.42 Å². The molecule has 2 unspecified atom stereocenters. The summed E-state index contributed by atoms with van der Waals surface area (Å²) >= 11 is 0. The molecule has 0 aliphatic rings. The number of hydrogen-bond donors (Lipinski definition) is 1. The Morgan fingerprint density at radius 1 is 1.64 bits per heavy atom. The predicted octanol–water partition coefficient (Wildman–Crippen LogP) is 1.02. The lowest BCUT2D eigenvalue weighted by atomic mass is 10.2. The number of nitrogens with one attached hydrogen (secondary N) is 1. The van der Waals surface area contributed by atoms with Gasteiger partial charge < -0.3 is 4.74 Å². The molecular weight excluding hydrogens is 138 g/mol. The van der Waals surface area contributed by atoms with Crippen LogP contribution in [0.15, 0.2) is 0 Å². The van der Waals surface area contributed by atoms with Crippen LogP contribution in [0.2, 0.25) is 0 Å². The first-order valence-corrected chi connectivity index (χ1v) is 3.95. The van der Waals surface area contributed by atoms with E-state index in [1.807, 2.05) is 0 Å². The molecule has 0 heterocycles. The molecular formula is C9H17NO. The summed E-state index contributed by atoms with van der Waals surface area (Å²) in [6.45, 7) is 4.83. The van der Waals surface area contributed by atoms with Crippen molar-refractivity contribution in [2.75, 3.05) is 13.7 Å². The van der Waals surface area contributed by atoms with E-state index in [1.54, 1.807) is 7.11 Å². The topological polar surface area (TPSA) is 21.3 Å². The van der Waals surface area contributed by atoms with Gasteiger partial charge in [-0.05, 0) is 13.3 Å². The molecule has 0 aliphatic heterocycles. The minimum atomic E-state index is 0.181. The van der Waals surface area contributed by atoms with Gasteiger partial charge in [-0.25, -0.2) is 0 Å². The van der Waals surface area contributed by atoms with Gasteiger partial charge in [-0.3, -0.25) is 5.32 Å². The smallest absolute Gasteiger partial charge is 0.0687 e. The Hall–Kier alpha value is -0.520. The summed E-state index contributed by atoms with van der Waals surface area (Å²) in [6, 6.07) is 0.515. The number of methoxy groups -OCH3 is 1. The molecule has 0 bridgehead atoms. The number of rotatable bonds is 5. The minimum Gasteiger partial charge on any atom is -0.383 e. The fraction of sp³-hybridized carbons (Fsp3) is 0.778. The van der Waals surface area contributed by atoms with Crippen molar-refractivity contribution >= 4 is 0 Å². The molecule has 0 spiro atoms. The van der Waals surface area contributed by atoms with Gasteiger partial charge in [0.05, 0.1) is 12.6 Å². The second-order valence-corrected chi connectivity index (χ2v) is 2.65. The third-order valence-electron chi connectivity index (χ3n) is 1.51. The van der Waals surface area contributed by atoms with Gasteiger partial charge in [-0.1, -0.05) is 12.8 Å². The van der Waals surface area contributed by atoms with Crippen molar-refractivity contribution in [2.24, 2.45) is 0 Å². The van der Waals surface area contributed by atoms with Crippen LogP contribution in [0.25, 0.3) is 0 Å². The zero-order valence-corrected chi connectivity index (χ0v) is 7.55. The summed E-state index contributed by atoms with van der Waals surface area (Å²) in [5.41, 5.74) is 0. The quantitative estimate of drug-likeness (QED) is 0.599. The Bertz CT molecular complexity index is 128. The Balaban J connectivity index is 3.55. The van der Waals surface area contributed by atoms with Gasteiger partial charge in [0.15, 0.2) is 0 Å². The standard InChI is InChI=1S/C9H17NO/c1-5-9(6-2)10-8(3)7-11-4/h1,8-10H,6-7H2,2-4H3. The first kappa shape index (κ1) is 10.5. The van der Waals surface area contributed by atoms with Crippen LogP contribution < -0.4 is 5.32 Å². The molecule has 0 aliphatic carbocycles. The van der Waals surface area contributed by atoms with Crippen LogP contribution in [-0.4, -0.2) is 25.8 Å². The summed E-state index contributed by atoms with van der Waals surface area (Å²) in [5.74, 6) is 2.67. The third-order valence-corrected chi connectivity index (χ3v) is 1.51. The predicted molar refractivity (Wildman–Crippen MR) is 47.4 cm³/mol. The summed E-state index contributed by atoms with van der Waals surface area (Å²) in [4.78, 5) is 0. The van der Waals surface area contributed by atoms with Crippen molar-refractivity contribution in [1.29, 1.82) is 0 Å². The van der Waals surface area contributed by atoms with Gasteiger partial charge in [0.1, 0.15) is 0 Å². The van der Waals surface area contributed by atoms with Crippen molar-refractivity contribution in [3.8, 4) is 12.3 Å². The van der Waals surface area contributed by atoms with Gasteiger partial charge in [-0.15, -0.1) is 6.42 Å². The highest BCUT2D eigenvalue weighted by molar-refractivity contribution is 4.98. The third kappa shape index (κ3) is 4.83. The van der Waals surface area contributed by atoms with Crippen LogP contribution >= 0.6 is 0 Å². The normalized spacial score (nSPS) is 15.5. The highest BCUT2D eigenvalue weighted by Gasteiger charge is 2.05. The number of terminal acetylenes is 1. The van der Waals surface area contributed by atoms with E-state index < -0.39 is 0 Å². The lowest BCUT2D eigenvalue weighted by Crippen LogP contribution is -2.37. The molecule has 2 heteroatoms. The van der Waals surface area contributed by atoms with Gasteiger partial charge in [0.25, 0.3) is 0 Å². The Morgan fingerprint density at radius 2 is 2.27 bits per heavy atom. The summed E-state index contributed by atoms with van der Waals surface area (Å²) < 4.78 is 4.96. The van der Waals surface area contributed by atoms with Crippen molar-refractivity contribution in [3.05, 3.63) is 0 Å². The van der Waals surface area contributed by atoms with Gasteiger partial charge in [0.2, 0.25) is 0 Å². The van der Waals surface area contributed by atoms with Crippen molar-refractivity contribution in [2.45, 2.75) is 32.4 Å². The van der Waals surface area contributed by atoms with Crippen LogP contribution in [0.3, 0.4) is 0 Å². The highest BCUT2D eigenvalue weighted by Crippen LogP contribution is 1.91. The van der Waals surface area contributed by atoms with E-state index in [9.17, 15) is 0 Å². The molecule has 0 fully saturated rings. The molecule has 64 valence electrons. The summed E-state index contributed by atoms with van der Waals surface area (Å²) in [7, 11) is 1.69. The van der Waals surface area contributed by atoms with Crippen LogP contribution in [0, 0.1) is 12.3 Å². The fourth-order valence-electron chi connectivity index (χ4n) is 0.925. The molecule has 11 heavy (non-hydrogen) atoms. The van der Waals surface area contributed by atoms with Gasteiger partial charge >= 0.3 is 0 Å². The van der Waals surface area contributed by atoms with E-state index in [-0.39, 0.29) is 6.04 Å². The SMILES string of the molecule is C#CC(CC)NC(C)COC. The average Bonchev–Trinajstić information content (AvgIpc) is 2.01. The van der Waals surface area contributed by atoms with E-state index >= 15 is 0 Å². The zero-order valence-electron chi connectivity index (χ0n) is 7.55. The molecule has 0 radical (unpaired) electrons. The number of hydrogen-bond acceptors (Lipinski definition) is 2. The summed E-state index contributed by atoms with van der Waals surface area (Å²) in [6.07, 6.45) is 6.24. The van der Waals surface area contributed by atoms with Crippen LogP contribution in [0.4, 0.5) is 0 Å². The monoisotopic (exact) mass is 155 g/mol. The second-order valence-electron chi connectivity index (χ2n) is 2.65. The lowest BCUT2D eigenvalue weighted by molar-refractivity contribution is 0.169. The van der Waals surface area contributed by atoms with Crippen LogP contribution in [-0.2, 0) is 4.74 Å². The van der Waals surface area contributed by atoms with E-state index in [0.29, 0.717) is 12.6 Å². The Kier molecular flexibility index (Phi) is 5.91. The largest absolute Gasteiger partial charge is 0.383 e. The van der Waals surface area contributed by atoms with E-state index in [1.165, 1.54) is 0 Å². The first-order chi connectivity index (χ1) is 5.24. The molecule has 0 aromatic rings. The molecule has 0 saturated carbocycles. The van der Waals surface area contributed by atoms with Gasteiger partial charge in [-0.2, -0.15) is 0 Å². The Morgan fingerprint density at radius 3 is 2.64 bits per heavy atom. The fourth-order valence-corrected chi connectivity index (χ4v) is 0.925. The first-order valence-electron chi connectivity index (χ1n) is 3.95. The maximum Gasteiger partial charge on any atom is 0.0687 e. The molecule has 0 saturated heterocycles. The minimum absolute atomic E-state index is 0.181. The highest BCUT2D eigenvalue weighted by atomic mass is 16.5. The van der Waals surface area contributed by atoms with Crippen LogP contribution in [0.1, 0.15) is 20.3 Å². The maximum absolute atomic E-state index is 5.27. The molecule has 0 aromatic carbocycles. The lowest BCUT2D eigenvalue weighted by Gasteiger charge is -2.16. The van der Waals surface area contributed by atoms with Crippen molar-refractivity contribution < 1.29 is 4.74 Å². The molecule has 0 amide bonds. The van der Waals surface area contributed by atoms with Crippen molar-refractivity contribution in [1.82, 2.24) is 5.32 Å². The average molecular weight is 155 g/mol. The summed E-state index contributed by atoms with van der Waals surface area (Å²) in [5, 5.41) is 3.26. The van der Waals surface area contributed by atoms with Crippen molar-refractivity contribution in [3.63, 3.8) is 0 Å².